The number of halogens is 1. The summed E-state index contributed by atoms with van der Waals surface area (Å²) in [4.78, 5) is 13.7. The molecule has 22 heavy (non-hydrogen) atoms. The smallest absolute Gasteiger partial charge is 0.410 e. The van der Waals surface area contributed by atoms with Crippen molar-refractivity contribution in [3.63, 3.8) is 0 Å². The number of methoxy groups -OCH3 is 1. The molecule has 1 N–H and O–H groups in total. The molecule has 0 bridgehead atoms. The molecular weight excluding hydrogens is 348 g/mol. The first-order chi connectivity index (χ1) is 10.3. The molecular formula is C16H25BrN2O3. The minimum absolute atomic E-state index is 0.292. The van der Waals surface area contributed by atoms with Gasteiger partial charge in [0.05, 0.1) is 12.8 Å². The molecule has 1 aromatic carbocycles. The van der Waals surface area contributed by atoms with Crippen LogP contribution in [0.25, 0.3) is 0 Å². The summed E-state index contributed by atoms with van der Waals surface area (Å²) in [5, 5.41) is 3.28. The van der Waals surface area contributed by atoms with Crippen LogP contribution in [0.1, 0.15) is 27.7 Å². The van der Waals surface area contributed by atoms with Gasteiger partial charge in [-0.25, -0.2) is 4.79 Å². The zero-order valence-corrected chi connectivity index (χ0v) is 15.5. The predicted octanol–water partition coefficient (Wildman–Crippen LogP) is 4.13. The number of nitrogens with one attached hydrogen (secondary N) is 1. The highest BCUT2D eigenvalue weighted by atomic mass is 79.9. The molecule has 0 spiro atoms. The quantitative estimate of drug-likeness (QED) is 0.815. The van der Waals surface area contributed by atoms with Crippen LogP contribution in [0.2, 0.25) is 0 Å². The number of amides is 1. The average Bonchev–Trinajstić information content (AvgIpc) is 2.42. The Kier molecular flexibility index (Phi) is 7.00. The van der Waals surface area contributed by atoms with E-state index in [0.29, 0.717) is 19.6 Å². The molecule has 5 nitrogen and oxygen atoms in total. The molecule has 1 aromatic rings. The minimum Gasteiger partial charge on any atom is -0.495 e. The summed E-state index contributed by atoms with van der Waals surface area (Å²) in [6.45, 7) is 9.31. The van der Waals surface area contributed by atoms with Crippen LogP contribution in [0.3, 0.4) is 0 Å². The molecule has 0 aliphatic carbocycles. The summed E-state index contributed by atoms with van der Waals surface area (Å²) in [5.41, 5.74) is 0.415. The lowest BCUT2D eigenvalue weighted by Crippen LogP contribution is -2.39. The maximum atomic E-state index is 12.0. The fourth-order valence-corrected chi connectivity index (χ4v) is 2.18. The molecule has 0 saturated heterocycles. The molecule has 1 amide bonds. The van der Waals surface area contributed by atoms with E-state index in [0.717, 1.165) is 15.9 Å². The molecule has 0 aliphatic heterocycles. The van der Waals surface area contributed by atoms with Crippen molar-refractivity contribution in [3.8, 4) is 5.75 Å². The lowest BCUT2D eigenvalue weighted by molar-refractivity contribution is 0.0267. The summed E-state index contributed by atoms with van der Waals surface area (Å²) >= 11 is 3.41. The molecule has 0 unspecified atom stereocenters. The molecule has 124 valence electrons. The second-order valence-corrected chi connectivity index (χ2v) is 6.75. The van der Waals surface area contributed by atoms with Crippen molar-refractivity contribution in [3.05, 3.63) is 22.7 Å². The van der Waals surface area contributed by atoms with E-state index in [-0.39, 0.29) is 6.09 Å². The highest BCUT2D eigenvalue weighted by Gasteiger charge is 2.20. The lowest BCUT2D eigenvalue weighted by Gasteiger charge is -2.26. The Morgan fingerprint density at radius 1 is 1.36 bits per heavy atom. The molecule has 0 saturated carbocycles. The fraction of sp³-hybridized carbons (Fsp3) is 0.562. The van der Waals surface area contributed by atoms with Crippen molar-refractivity contribution < 1.29 is 14.3 Å². The third kappa shape index (κ3) is 6.13. The molecule has 0 heterocycles. The van der Waals surface area contributed by atoms with Gasteiger partial charge in [-0.15, -0.1) is 0 Å². The molecule has 0 fully saturated rings. The number of rotatable bonds is 6. The third-order valence-electron chi connectivity index (χ3n) is 2.89. The number of ether oxygens (including phenoxy) is 2. The van der Waals surface area contributed by atoms with Gasteiger partial charge < -0.3 is 19.7 Å². The van der Waals surface area contributed by atoms with E-state index in [1.54, 1.807) is 12.0 Å². The summed E-state index contributed by atoms with van der Waals surface area (Å²) in [7, 11) is 1.63. The van der Waals surface area contributed by atoms with Gasteiger partial charge in [-0.2, -0.15) is 0 Å². The predicted molar refractivity (Wildman–Crippen MR) is 92.7 cm³/mol. The maximum absolute atomic E-state index is 12.0. The second kappa shape index (κ2) is 8.27. The van der Waals surface area contributed by atoms with Gasteiger partial charge in [-0.05, 0) is 45.9 Å². The van der Waals surface area contributed by atoms with E-state index in [1.165, 1.54) is 0 Å². The van der Waals surface area contributed by atoms with Crippen LogP contribution >= 0.6 is 15.9 Å². The van der Waals surface area contributed by atoms with Gasteiger partial charge in [0.1, 0.15) is 11.4 Å². The van der Waals surface area contributed by atoms with Crippen molar-refractivity contribution in [2.45, 2.75) is 33.3 Å². The van der Waals surface area contributed by atoms with Crippen molar-refractivity contribution in [2.75, 3.05) is 32.1 Å². The second-order valence-electron chi connectivity index (χ2n) is 5.83. The first kappa shape index (κ1) is 18.6. The number of carbonyl (C=O) groups excluding carboxylic acids is 1. The third-order valence-corrected chi connectivity index (χ3v) is 3.39. The number of carbonyl (C=O) groups is 1. The van der Waals surface area contributed by atoms with E-state index in [2.05, 4.69) is 21.2 Å². The monoisotopic (exact) mass is 372 g/mol. The minimum atomic E-state index is -0.479. The first-order valence-electron chi connectivity index (χ1n) is 7.32. The van der Waals surface area contributed by atoms with Gasteiger partial charge in [0.25, 0.3) is 0 Å². The van der Waals surface area contributed by atoms with E-state index in [9.17, 15) is 4.79 Å². The Labute approximate surface area is 141 Å². The van der Waals surface area contributed by atoms with Crippen LogP contribution in [0.15, 0.2) is 22.7 Å². The summed E-state index contributed by atoms with van der Waals surface area (Å²) in [5.74, 6) is 0.759. The van der Waals surface area contributed by atoms with Gasteiger partial charge in [-0.1, -0.05) is 15.9 Å². The van der Waals surface area contributed by atoms with Crippen molar-refractivity contribution >= 4 is 27.7 Å². The molecule has 0 radical (unpaired) electrons. The van der Waals surface area contributed by atoms with Gasteiger partial charge in [0, 0.05) is 24.1 Å². The van der Waals surface area contributed by atoms with Crippen molar-refractivity contribution in [1.29, 1.82) is 0 Å². The van der Waals surface area contributed by atoms with Gasteiger partial charge in [0.2, 0.25) is 0 Å². The van der Waals surface area contributed by atoms with E-state index < -0.39 is 5.60 Å². The van der Waals surface area contributed by atoms with Gasteiger partial charge in [0.15, 0.2) is 0 Å². The topological polar surface area (TPSA) is 50.8 Å². The van der Waals surface area contributed by atoms with Crippen LogP contribution in [0.4, 0.5) is 10.5 Å². The van der Waals surface area contributed by atoms with Crippen LogP contribution in [-0.4, -0.2) is 43.3 Å². The molecule has 6 heteroatoms. The zero-order valence-electron chi connectivity index (χ0n) is 13.9. The van der Waals surface area contributed by atoms with E-state index >= 15 is 0 Å². The highest BCUT2D eigenvalue weighted by Crippen LogP contribution is 2.27. The SMILES string of the molecule is CCN(CCNc1ccc(Br)cc1OC)C(=O)OC(C)(C)C. The number of nitrogens with zero attached hydrogens (tertiary/aromatic N) is 1. The number of anilines is 1. The lowest BCUT2D eigenvalue weighted by atomic mass is 10.2. The van der Waals surface area contributed by atoms with Crippen LogP contribution in [0.5, 0.6) is 5.75 Å². The van der Waals surface area contributed by atoms with Crippen LogP contribution in [0, 0.1) is 0 Å². The summed E-state index contributed by atoms with van der Waals surface area (Å²) < 4.78 is 11.7. The largest absolute Gasteiger partial charge is 0.495 e. The first-order valence-corrected chi connectivity index (χ1v) is 8.11. The number of benzene rings is 1. The standard InChI is InChI=1S/C16H25BrN2O3/c1-6-19(15(20)22-16(2,3)4)10-9-18-13-8-7-12(17)11-14(13)21-5/h7-8,11,18H,6,9-10H2,1-5H3. The Morgan fingerprint density at radius 2 is 2.05 bits per heavy atom. The molecule has 0 atom stereocenters. The zero-order chi connectivity index (χ0) is 16.8. The molecule has 0 aliphatic rings. The van der Waals surface area contributed by atoms with Gasteiger partial charge in [-0.3, -0.25) is 0 Å². The Balaban J connectivity index is 2.56. The maximum Gasteiger partial charge on any atom is 0.410 e. The fourth-order valence-electron chi connectivity index (χ4n) is 1.84. The number of hydrogen-bond donors (Lipinski definition) is 1. The van der Waals surface area contributed by atoms with Crippen LogP contribution in [-0.2, 0) is 4.74 Å². The van der Waals surface area contributed by atoms with Crippen LogP contribution < -0.4 is 10.1 Å². The number of hydrogen-bond acceptors (Lipinski definition) is 4. The molecule has 0 aromatic heterocycles. The van der Waals surface area contributed by atoms with Crippen molar-refractivity contribution in [2.24, 2.45) is 0 Å². The summed E-state index contributed by atoms with van der Waals surface area (Å²) in [6.07, 6.45) is -0.292. The molecule has 1 rings (SSSR count). The van der Waals surface area contributed by atoms with Crippen molar-refractivity contribution in [1.82, 2.24) is 4.90 Å². The Morgan fingerprint density at radius 3 is 2.59 bits per heavy atom. The Bertz CT molecular complexity index is 501. The van der Waals surface area contributed by atoms with E-state index in [4.69, 9.17) is 9.47 Å². The average molecular weight is 373 g/mol. The highest BCUT2D eigenvalue weighted by molar-refractivity contribution is 9.10. The number of likely N-dealkylation sites (N-methyl/N-ethyl adjacent to an activating group) is 1. The van der Waals surface area contributed by atoms with E-state index in [1.807, 2.05) is 45.9 Å². The van der Waals surface area contributed by atoms with Gasteiger partial charge >= 0.3 is 6.09 Å². The normalized spacial score (nSPS) is 11.0. The summed E-state index contributed by atoms with van der Waals surface area (Å²) in [6, 6.07) is 5.77. The Hall–Kier alpha value is -1.43.